The maximum atomic E-state index is 12.4. The third-order valence-corrected chi connectivity index (χ3v) is 5.64. The van der Waals surface area contributed by atoms with Gasteiger partial charge in [-0.05, 0) is 64.0 Å². The molecule has 0 saturated carbocycles. The van der Waals surface area contributed by atoms with Gasteiger partial charge in [0.05, 0.1) is 10.5 Å². The highest BCUT2D eigenvalue weighted by molar-refractivity contribution is 5.93. The lowest BCUT2D eigenvalue weighted by atomic mass is 9.97. The summed E-state index contributed by atoms with van der Waals surface area (Å²) in [5.41, 5.74) is 1.81. The number of hydrogen-bond donors (Lipinski definition) is 1. The van der Waals surface area contributed by atoms with Gasteiger partial charge in [-0.3, -0.25) is 14.9 Å². The average molecular weight is 415 g/mol. The Hall–Kier alpha value is -2.90. The van der Waals surface area contributed by atoms with Crippen LogP contribution >= 0.6 is 0 Å². The molecule has 1 saturated heterocycles. The van der Waals surface area contributed by atoms with Gasteiger partial charge in [0, 0.05) is 25.7 Å². The van der Waals surface area contributed by atoms with Gasteiger partial charge in [0.2, 0.25) is 0 Å². The van der Waals surface area contributed by atoms with E-state index < -0.39 is 17.0 Å². The lowest BCUT2D eigenvalue weighted by molar-refractivity contribution is -0.384. The van der Waals surface area contributed by atoms with Crippen molar-refractivity contribution < 1.29 is 19.2 Å². The van der Waals surface area contributed by atoms with Crippen LogP contribution in [0.4, 0.5) is 11.4 Å². The number of nitro benzene ring substituents is 1. The quantitative estimate of drug-likeness (QED) is 0.300. The lowest BCUT2D eigenvalue weighted by Crippen LogP contribution is -2.36. The summed E-state index contributed by atoms with van der Waals surface area (Å²) < 4.78 is 5.24. The molecule has 0 spiro atoms. The molecule has 0 bridgehead atoms. The van der Waals surface area contributed by atoms with E-state index in [4.69, 9.17) is 4.74 Å². The normalized spacial score (nSPS) is 17.2. The minimum absolute atomic E-state index is 0.0664. The number of allylic oxidation sites excluding steroid dienone is 1. The molecule has 1 aromatic carbocycles. The van der Waals surface area contributed by atoms with Gasteiger partial charge < -0.3 is 15.0 Å². The number of hydrogen-bond acceptors (Lipinski definition) is 6. The molecule has 0 aromatic heterocycles. The SMILES string of the molecule is C[C@@H](OC(=O)c1ccc(N2CCCC2)c([N+](=O)[O-])c1)C(=O)NCCC1=CCCCC1. The molecular weight excluding hydrogens is 386 g/mol. The summed E-state index contributed by atoms with van der Waals surface area (Å²) in [7, 11) is 0. The smallest absolute Gasteiger partial charge is 0.339 e. The standard InChI is InChI=1S/C22H29N3O5/c1-16(21(26)23-12-11-17-7-3-2-4-8-17)30-22(27)18-9-10-19(20(15-18)25(28)29)24-13-5-6-14-24/h7,9-10,15-16H,2-6,8,11-14H2,1H3,(H,23,26)/t16-/m1/s1. The highest BCUT2D eigenvalue weighted by Crippen LogP contribution is 2.32. The summed E-state index contributed by atoms with van der Waals surface area (Å²) in [6.07, 6.45) is 8.63. The molecule has 0 unspecified atom stereocenters. The number of carbonyl (C=O) groups excluding carboxylic acids is 2. The molecule has 162 valence electrons. The highest BCUT2D eigenvalue weighted by Gasteiger charge is 2.25. The molecule has 1 amide bonds. The first kappa shape index (κ1) is 21.8. The largest absolute Gasteiger partial charge is 0.449 e. The zero-order chi connectivity index (χ0) is 21.5. The van der Waals surface area contributed by atoms with E-state index in [1.54, 1.807) is 6.07 Å². The van der Waals surface area contributed by atoms with Crippen molar-refractivity contribution in [2.45, 2.75) is 58.0 Å². The summed E-state index contributed by atoms with van der Waals surface area (Å²) in [4.78, 5) is 37.6. The first-order valence-corrected chi connectivity index (χ1v) is 10.7. The molecule has 1 aromatic rings. The molecule has 30 heavy (non-hydrogen) atoms. The molecule has 3 rings (SSSR count). The Bertz CT molecular complexity index is 830. The number of nitrogens with one attached hydrogen (secondary N) is 1. The van der Waals surface area contributed by atoms with Crippen LogP contribution in [0, 0.1) is 10.1 Å². The summed E-state index contributed by atoms with van der Waals surface area (Å²) >= 11 is 0. The van der Waals surface area contributed by atoms with Crippen LogP contribution < -0.4 is 10.2 Å². The second-order valence-electron chi connectivity index (χ2n) is 7.85. The van der Waals surface area contributed by atoms with Crippen LogP contribution in [-0.2, 0) is 9.53 Å². The van der Waals surface area contributed by atoms with Crippen LogP contribution in [-0.4, -0.2) is 42.5 Å². The first-order valence-electron chi connectivity index (χ1n) is 10.7. The second kappa shape index (κ2) is 10.2. The Balaban J connectivity index is 1.56. The predicted molar refractivity (Wildman–Crippen MR) is 114 cm³/mol. The molecule has 1 fully saturated rings. The molecule has 8 heteroatoms. The Morgan fingerprint density at radius 2 is 2.00 bits per heavy atom. The van der Waals surface area contributed by atoms with Crippen molar-refractivity contribution in [3.8, 4) is 0 Å². The average Bonchev–Trinajstić information content (AvgIpc) is 3.28. The number of ether oxygens (including phenoxy) is 1. The molecule has 8 nitrogen and oxygen atoms in total. The highest BCUT2D eigenvalue weighted by atomic mass is 16.6. The van der Waals surface area contributed by atoms with E-state index >= 15 is 0 Å². The van der Waals surface area contributed by atoms with Gasteiger partial charge in [-0.25, -0.2) is 4.79 Å². The van der Waals surface area contributed by atoms with Crippen molar-refractivity contribution in [1.29, 1.82) is 0 Å². The first-order chi connectivity index (χ1) is 14.5. The van der Waals surface area contributed by atoms with Crippen molar-refractivity contribution in [3.63, 3.8) is 0 Å². The van der Waals surface area contributed by atoms with Crippen molar-refractivity contribution in [1.82, 2.24) is 5.32 Å². The zero-order valence-electron chi connectivity index (χ0n) is 17.4. The maximum Gasteiger partial charge on any atom is 0.339 e. The van der Waals surface area contributed by atoms with E-state index in [9.17, 15) is 19.7 Å². The fourth-order valence-corrected chi connectivity index (χ4v) is 3.93. The van der Waals surface area contributed by atoms with Gasteiger partial charge >= 0.3 is 5.97 Å². The van der Waals surface area contributed by atoms with Crippen molar-refractivity contribution >= 4 is 23.3 Å². The predicted octanol–water partition coefficient (Wildman–Crippen LogP) is 3.75. The summed E-state index contributed by atoms with van der Waals surface area (Å²) in [6.45, 7) is 3.53. The van der Waals surface area contributed by atoms with Gasteiger partial charge in [-0.15, -0.1) is 0 Å². The fourth-order valence-electron chi connectivity index (χ4n) is 3.93. The van der Waals surface area contributed by atoms with Gasteiger partial charge in [0.25, 0.3) is 11.6 Å². The van der Waals surface area contributed by atoms with Gasteiger partial charge in [-0.2, -0.15) is 0 Å². The van der Waals surface area contributed by atoms with E-state index in [1.807, 2.05) is 4.90 Å². The number of rotatable bonds is 8. The van der Waals surface area contributed by atoms with Gasteiger partial charge in [0.15, 0.2) is 6.10 Å². The maximum absolute atomic E-state index is 12.4. The lowest BCUT2D eigenvalue weighted by Gasteiger charge is -2.18. The van der Waals surface area contributed by atoms with Crippen LogP contribution in [0.5, 0.6) is 0 Å². The fraction of sp³-hybridized carbons (Fsp3) is 0.545. The minimum atomic E-state index is -0.977. The number of carbonyl (C=O) groups is 2. The second-order valence-corrected chi connectivity index (χ2v) is 7.85. The van der Waals surface area contributed by atoms with E-state index in [-0.39, 0.29) is 17.2 Å². The van der Waals surface area contributed by atoms with Crippen molar-refractivity contribution in [3.05, 3.63) is 45.5 Å². The molecule has 0 radical (unpaired) electrons. The topological polar surface area (TPSA) is 102 Å². The third-order valence-electron chi connectivity index (χ3n) is 5.64. The van der Waals surface area contributed by atoms with Gasteiger partial charge in [0.1, 0.15) is 5.69 Å². The number of nitrogens with zero attached hydrogens (tertiary/aromatic N) is 2. The monoisotopic (exact) mass is 415 g/mol. The van der Waals surface area contributed by atoms with E-state index in [0.29, 0.717) is 12.2 Å². The molecule has 1 atom stereocenters. The number of nitro groups is 1. The summed E-state index contributed by atoms with van der Waals surface area (Å²) in [5.74, 6) is -1.12. The molecule has 1 aliphatic carbocycles. The molecule has 1 N–H and O–H groups in total. The van der Waals surface area contributed by atoms with Gasteiger partial charge in [-0.1, -0.05) is 11.6 Å². The Kier molecular flexibility index (Phi) is 7.43. The molecule has 1 heterocycles. The number of amides is 1. The van der Waals surface area contributed by atoms with Crippen LogP contribution in [0.3, 0.4) is 0 Å². The number of benzene rings is 1. The van der Waals surface area contributed by atoms with E-state index in [2.05, 4.69) is 11.4 Å². The van der Waals surface area contributed by atoms with Crippen LogP contribution in [0.15, 0.2) is 29.8 Å². The summed E-state index contributed by atoms with van der Waals surface area (Å²) in [5, 5.41) is 14.3. The van der Waals surface area contributed by atoms with Crippen molar-refractivity contribution in [2.75, 3.05) is 24.5 Å². The minimum Gasteiger partial charge on any atom is -0.449 e. The van der Waals surface area contributed by atoms with Crippen molar-refractivity contribution in [2.24, 2.45) is 0 Å². The number of esters is 1. The van der Waals surface area contributed by atoms with Crippen LogP contribution in [0.2, 0.25) is 0 Å². The molecule has 2 aliphatic rings. The van der Waals surface area contributed by atoms with Crippen LogP contribution in [0.25, 0.3) is 0 Å². The summed E-state index contributed by atoms with van der Waals surface area (Å²) in [6, 6.07) is 4.34. The third kappa shape index (κ3) is 5.58. The molecular formula is C22H29N3O5. The van der Waals surface area contributed by atoms with Crippen LogP contribution in [0.1, 0.15) is 62.2 Å². The van der Waals surface area contributed by atoms with E-state index in [1.165, 1.54) is 37.5 Å². The molecule has 1 aliphatic heterocycles. The number of anilines is 1. The Morgan fingerprint density at radius 1 is 1.23 bits per heavy atom. The zero-order valence-corrected chi connectivity index (χ0v) is 17.4. The Labute approximate surface area is 176 Å². The Morgan fingerprint density at radius 3 is 2.67 bits per heavy atom. The van der Waals surface area contributed by atoms with E-state index in [0.717, 1.165) is 45.2 Å².